The Morgan fingerprint density at radius 2 is 1.83 bits per heavy atom. The van der Waals surface area contributed by atoms with Crippen LogP contribution in [0.5, 0.6) is 0 Å². The number of carbonyl (C=O) groups excluding carboxylic acids is 1. The van der Waals surface area contributed by atoms with Crippen LogP contribution in [0.4, 0.5) is 5.69 Å². The molecule has 1 saturated carbocycles. The van der Waals surface area contributed by atoms with Gasteiger partial charge in [0.15, 0.2) is 5.82 Å². The highest BCUT2D eigenvalue weighted by atomic mass is 16.5. The van der Waals surface area contributed by atoms with Gasteiger partial charge in [0.2, 0.25) is 0 Å². The fourth-order valence-corrected chi connectivity index (χ4v) is 4.14. The number of carbonyl (C=O) groups is 1. The highest BCUT2D eigenvalue weighted by molar-refractivity contribution is 5.89. The van der Waals surface area contributed by atoms with Gasteiger partial charge in [0.05, 0.1) is 23.4 Å². The Labute approximate surface area is 176 Å². The maximum atomic E-state index is 12.0. The summed E-state index contributed by atoms with van der Waals surface area (Å²) in [5, 5.41) is 16.5. The second-order valence-electron chi connectivity index (χ2n) is 7.76. The highest BCUT2D eigenvalue weighted by Gasteiger charge is 2.39. The Hall–Kier alpha value is -3.22. The van der Waals surface area contributed by atoms with E-state index >= 15 is 0 Å². The van der Waals surface area contributed by atoms with Crippen LogP contribution in [0, 0.1) is 6.92 Å². The van der Waals surface area contributed by atoms with E-state index in [1.54, 1.807) is 23.7 Å². The van der Waals surface area contributed by atoms with Crippen LogP contribution >= 0.6 is 0 Å². The van der Waals surface area contributed by atoms with Crippen molar-refractivity contribution in [2.45, 2.75) is 51.5 Å². The summed E-state index contributed by atoms with van der Waals surface area (Å²) in [7, 11) is 0. The van der Waals surface area contributed by atoms with Gasteiger partial charge in [0.1, 0.15) is 0 Å². The molecule has 0 amide bonds. The van der Waals surface area contributed by atoms with Gasteiger partial charge in [-0.15, -0.1) is 5.10 Å². The molecule has 7 heteroatoms. The minimum atomic E-state index is -0.340. The zero-order valence-corrected chi connectivity index (χ0v) is 17.5. The van der Waals surface area contributed by atoms with Crippen molar-refractivity contribution in [1.29, 1.82) is 0 Å². The second-order valence-corrected chi connectivity index (χ2v) is 7.76. The number of rotatable bonds is 6. The van der Waals surface area contributed by atoms with Gasteiger partial charge in [0, 0.05) is 5.69 Å². The molecule has 1 aliphatic carbocycles. The monoisotopic (exact) mass is 405 g/mol. The van der Waals surface area contributed by atoms with Crippen LogP contribution in [0.2, 0.25) is 0 Å². The highest BCUT2D eigenvalue weighted by Crippen LogP contribution is 2.40. The van der Waals surface area contributed by atoms with E-state index in [0.717, 1.165) is 42.9 Å². The first-order valence-corrected chi connectivity index (χ1v) is 10.5. The van der Waals surface area contributed by atoms with E-state index in [4.69, 9.17) is 4.74 Å². The summed E-state index contributed by atoms with van der Waals surface area (Å²) < 4.78 is 6.86. The number of nitrogens with one attached hydrogen (secondary N) is 1. The van der Waals surface area contributed by atoms with Crippen molar-refractivity contribution < 1.29 is 9.53 Å². The summed E-state index contributed by atoms with van der Waals surface area (Å²) in [4.78, 5) is 12.0. The van der Waals surface area contributed by atoms with Crippen LogP contribution in [0.1, 0.15) is 60.8 Å². The van der Waals surface area contributed by atoms with Crippen molar-refractivity contribution in [3.8, 4) is 5.69 Å². The molecule has 30 heavy (non-hydrogen) atoms. The molecule has 0 saturated heterocycles. The number of aryl methyl sites for hydroxylation is 1. The minimum Gasteiger partial charge on any atom is -0.462 e. The number of anilines is 1. The first kappa shape index (κ1) is 20.1. The molecule has 0 bridgehead atoms. The number of hydrogen-bond acceptors (Lipinski definition) is 6. The van der Waals surface area contributed by atoms with Crippen molar-refractivity contribution in [3.05, 3.63) is 65.5 Å². The molecule has 4 rings (SSSR count). The van der Waals surface area contributed by atoms with E-state index in [1.165, 1.54) is 12.0 Å². The van der Waals surface area contributed by atoms with E-state index in [1.807, 2.05) is 24.3 Å². The maximum Gasteiger partial charge on any atom is 0.338 e. The SMILES string of the molecule is CCOC(=O)c1ccc(-n2nnnc2C2(Nc3ccccc3C)CCCCC2)cc1. The number of esters is 1. The van der Waals surface area contributed by atoms with Gasteiger partial charge in [-0.2, -0.15) is 4.68 Å². The predicted octanol–water partition coefficient (Wildman–Crippen LogP) is 4.42. The van der Waals surface area contributed by atoms with Crippen molar-refractivity contribution in [1.82, 2.24) is 20.2 Å². The molecule has 3 aromatic rings. The molecule has 2 aromatic carbocycles. The molecule has 0 unspecified atom stereocenters. The first-order valence-electron chi connectivity index (χ1n) is 10.5. The summed E-state index contributed by atoms with van der Waals surface area (Å²) in [6.07, 6.45) is 5.37. The average Bonchev–Trinajstić information content (AvgIpc) is 3.27. The standard InChI is InChI=1S/C23H27N5O2/c1-3-30-21(29)18-11-13-19(14-12-18)28-22(25-26-27-28)23(15-7-4-8-16-23)24-20-10-6-5-9-17(20)2/h5-6,9-14,24H,3-4,7-8,15-16H2,1-2H3. The van der Waals surface area contributed by atoms with Crippen LogP contribution in [0.15, 0.2) is 48.5 Å². The summed E-state index contributed by atoms with van der Waals surface area (Å²) in [6, 6.07) is 15.5. The summed E-state index contributed by atoms with van der Waals surface area (Å²) in [5.74, 6) is 0.472. The molecule has 1 fully saturated rings. The van der Waals surface area contributed by atoms with E-state index in [0.29, 0.717) is 12.2 Å². The van der Waals surface area contributed by atoms with Crippen LogP contribution in [0.3, 0.4) is 0 Å². The first-order chi connectivity index (χ1) is 14.6. The topological polar surface area (TPSA) is 81.9 Å². The fraction of sp³-hybridized carbons (Fsp3) is 0.391. The van der Waals surface area contributed by atoms with Crippen LogP contribution in [-0.4, -0.2) is 32.8 Å². The van der Waals surface area contributed by atoms with E-state index in [9.17, 15) is 4.79 Å². The maximum absolute atomic E-state index is 12.0. The molecule has 7 nitrogen and oxygen atoms in total. The van der Waals surface area contributed by atoms with Crippen molar-refractivity contribution >= 4 is 11.7 Å². The lowest BCUT2D eigenvalue weighted by molar-refractivity contribution is 0.0526. The van der Waals surface area contributed by atoms with E-state index in [2.05, 4.69) is 39.9 Å². The van der Waals surface area contributed by atoms with Gasteiger partial charge < -0.3 is 10.1 Å². The molecule has 0 aliphatic heterocycles. The molecule has 156 valence electrons. The molecule has 0 spiro atoms. The Kier molecular flexibility index (Phi) is 5.79. The van der Waals surface area contributed by atoms with Gasteiger partial charge in [-0.1, -0.05) is 37.5 Å². The Morgan fingerprint density at radius 3 is 2.53 bits per heavy atom. The number of para-hydroxylation sites is 1. The van der Waals surface area contributed by atoms with Gasteiger partial charge in [-0.3, -0.25) is 0 Å². The molecule has 1 aromatic heterocycles. The number of benzene rings is 2. The average molecular weight is 406 g/mol. The van der Waals surface area contributed by atoms with Crippen molar-refractivity contribution in [2.75, 3.05) is 11.9 Å². The third-order valence-electron chi connectivity index (χ3n) is 5.75. The zero-order valence-electron chi connectivity index (χ0n) is 17.5. The molecular weight excluding hydrogens is 378 g/mol. The van der Waals surface area contributed by atoms with Crippen LogP contribution in [0.25, 0.3) is 5.69 Å². The Bertz CT molecular complexity index is 1010. The summed E-state index contributed by atoms with van der Waals surface area (Å²) in [6.45, 7) is 4.26. The zero-order chi connectivity index (χ0) is 21.0. The van der Waals surface area contributed by atoms with Gasteiger partial charge in [-0.05, 0) is 73.0 Å². The van der Waals surface area contributed by atoms with E-state index in [-0.39, 0.29) is 11.5 Å². The molecule has 1 N–H and O–H groups in total. The Morgan fingerprint density at radius 1 is 1.10 bits per heavy atom. The quantitative estimate of drug-likeness (QED) is 0.612. The lowest BCUT2D eigenvalue weighted by Crippen LogP contribution is -2.40. The lowest BCUT2D eigenvalue weighted by atomic mass is 9.80. The number of hydrogen-bond donors (Lipinski definition) is 1. The smallest absolute Gasteiger partial charge is 0.338 e. The summed E-state index contributed by atoms with van der Waals surface area (Å²) >= 11 is 0. The van der Waals surface area contributed by atoms with Gasteiger partial charge in [-0.25, -0.2) is 4.79 Å². The number of ether oxygens (including phenoxy) is 1. The van der Waals surface area contributed by atoms with Crippen LogP contribution in [-0.2, 0) is 10.3 Å². The fourth-order valence-electron chi connectivity index (χ4n) is 4.14. The van der Waals surface area contributed by atoms with Crippen LogP contribution < -0.4 is 5.32 Å². The molecule has 0 atom stereocenters. The Balaban J connectivity index is 1.70. The second kappa shape index (κ2) is 8.65. The lowest BCUT2D eigenvalue weighted by Gasteiger charge is -2.38. The normalized spacial score (nSPS) is 15.5. The molecule has 1 aliphatic rings. The molecular formula is C23H27N5O2. The third-order valence-corrected chi connectivity index (χ3v) is 5.75. The van der Waals surface area contributed by atoms with Crippen molar-refractivity contribution in [2.24, 2.45) is 0 Å². The number of tetrazole rings is 1. The van der Waals surface area contributed by atoms with Gasteiger partial charge >= 0.3 is 5.97 Å². The summed E-state index contributed by atoms with van der Waals surface area (Å²) in [5.41, 5.74) is 3.29. The van der Waals surface area contributed by atoms with E-state index < -0.39 is 0 Å². The van der Waals surface area contributed by atoms with Gasteiger partial charge in [0.25, 0.3) is 0 Å². The number of nitrogens with zero attached hydrogens (tertiary/aromatic N) is 4. The third kappa shape index (κ3) is 3.92. The molecule has 0 radical (unpaired) electrons. The molecule has 1 heterocycles. The largest absolute Gasteiger partial charge is 0.462 e. The number of aromatic nitrogens is 4. The minimum absolute atomic E-state index is 0.328. The predicted molar refractivity (Wildman–Crippen MR) is 115 cm³/mol. The van der Waals surface area contributed by atoms with Crippen molar-refractivity contribution in [3.63, 3.8) is 0 Å².